The van der Waals surface area contributed by atoms with Crippen molar-refractivity contribution in [3.8, 4) is 0 Å². The van der Waals surface area contributed by atoms with Crippen LogP contribution in [0.2, 0.25) is 15.1 Å². The number of pyridine rings is 1. The topological polar surface area (TPSA) is 22.0 Å². The van der Waals surface area contributed by atoms with Crippen molar-refractivity contribution >= 4 is 34.8 Å². The van der Waals surface area contributed by atoms with Crippen molar-refractivity contribution in [2.24, 2.45) is 0 Å². The Balaban J connectivity index is 2.50. The molecule has 0 amide bonds. The van der Waals surface area contributed by atoms with Gasteiger partial charge in [-0.1, -0.05) is 40.9 Å². The number of hydrogen-bond donors (Lipinski definition) is 0. The van der Waals surface area contributed by atoms with E-state index in [9.17, 15) is 4.79 Å². The average molecular weight is 303 g/mol. The minimum absolute atomic E-state index is 0.0652. The van der Waals surface area contributed by atoms with Crippen LogP contribution < -0.4 is 5.56 Å². The van der Waals surface area contributed by atoms with E-state index in [0.717, 1.165) is 0 Å². The van der Waals surface area contributed by atoms with E-state index in [-0.39, 0.29) is 5.56 Å². The highest BCUT2D eigenvalue weighted by Crippen LogP contribution is 2.31. The molecule has 1 heterocycles. The second-order valence-corrected chi connectivity index (χ2v) is 5.14. The van der Waals surface area contributed by atoms with Gasteiger partial charge in [-0.25, -0.2) is 0 Å². The molecule has 0 unspecified atom stereocenters. The molecule has 0 radical (unpaired) electrons. The lowest BCUT2D eigenvalue weighted by Crippen LogP contribution is -2.21. The third-order valence-corrected chi connectivity index (χ3v) is 3.88. The number of aromatic nitrogens is 1. The van der Waals surface area contributed by atoms with Crippen molar-refractivity contribution < 1.29 is 0 Å². The molecular formula is C13H10Cl3NO. The Bertz CT molecular complexity index is 649. The molecule has 1 aromatic carbocycles. The Hall–Kier alpha value is -0.960. The average Bonchev–Trinajstić information content (AvgIpc) is 2.35. The molecule has 1 aromatic heterocycles. The first-order valence-corrected chi connectivity index (χ1v) is 6.42. The van der Waals surface area contributed by atoms with Crippen LogP contribution in [-0.2, 0) is 6.54 Å². The molecule has 0 N–H and O–H groups in total. The van der Waals surface area contributed by atoms with Gasteiger partial charge >= 0.3 is 0 Å². The Labute approximate surface area is 120 Å². The van der Waals surface area contributed by atoms with Gasteiger partial charge in [0.2, 0.25) is 0 Å². The van der Waals surface area contributed by atoms with E-state index in [2.05, 4.69) is 0 Å². The maximum Gasteiger partial charge on any atom is 0.253 e. The molecule has 0 fully saturated rings. The molecule has 0 aliphatic carbocycles. The minimum Gasteiger partial charge on any atom is -0.311 e. The van der Waals surface area contributed by atoms with Crippen LogP contribution in [0.4, 0.5) is 0 Å². The van der Waals surface area contributed by atoms with E-state index < -0.39 is 0 Å². The largest absolute Gasteiger partial charge is 0.311 e. The second-order valence-electron chi connectivity index (χ2n) is 3.95. The summed E-state index contributed by atoms with van der Waals surface area (Å²) in [6.45, 7) is 2.07. The first-order valence-electron chi connectivity index (χ1n) is 5.29. The van der Waals surface area contributed by atoms with Crippen molar-refractivity contribution in [2.45, 2.75) is 13.5 Å². The van der Waals surface area contributed by atoms with Gasteiger partial charge in [0, 0.05) is 22.3 Å². The Morgan fingerprint density at radius 3 is 2.50 bits per heavy atom. The van der Waals surface area contributed by atoms with Gasteiger partial charge in [0.15, 0.2) is 0 Å². The third-order valence-electron chi connectivity index (χ3n) is 2.68. The van der Waals surface area contributed by atoms with E-state index in [1.165, 1.54) is 0 Å². The smallest absolute Gasteiger partial charge is 0.253 e. The quantitative estimate of drug-likeness (QED) is 0.763. The molecule has 0 aliphatic heterocycles. The van der Waals surface area contributed by atoms with Gasteiger partial charge in [-0.2, -0.15) is 0 Å². The van der Waals surface area contributed by atoms with Crippen LogP contribution >= 0.6 is 34.8 Å². The van der Waals surface area contributed by atoms with Crippen molar-refractivity contribution in [1.29, 1.82) is 0 Å². The molecule has 0 spiro atoms. The van der Waals surface area contributed by atoms with Gasteiger partial charge in [0.05, 0.1) is 16.6 Å². The molecule has 18 heavy (non-hydrogen) atoms. The fourth-order valence-electron chi connectivity index (χ4n) is 1.67. The lowest BCUT2D eigenvalue weighted by Gasteiger charge is -2.11. The molecule has 0 saturated heterocycles. The highest BCUT2D eigenvalue weighted by Gasteiger charge is 2.11. The Kier molecular flexibility index (Phi) is 4.00. The molecule has 2 rings (SSSR count). The predicted octanol–water partition coefficient (Wildman–Crippen LogP) is 4.17. The van der Waals surface area contributed by atoms with E-state index in [4.69, 9.17) is 34.8 Å². The highest BCUT2D eigenvalue weighted by atomic mass is 35.5. The molecule has 2 aromatic rings. The molecule has 0 aliphatic rings. The fourth-order valence-corrected chi connectivity index (χ4v) is 2.33. The van der Waals surface area contributed by atoms with Crippen molar-refractivity contribution in [1.82, 2.24) is 4.57 Å². The van der Waals surface area contributed by atoms with Crippen molar-refractivity contribution in [2.75, 3.05) is 0 Å². The van der Waals surface area contributed by atoms with Crippen molar-refractivity contribution in [3.63, 3.8) is 0 Å². The fraction of sp³-hybridized carbons (Fsp3) is 0.154. The number of benzene rings is 1. The summed E-state index contributed by atoms with van der Waals surface area (Å²) in [6, 6.07) is 6.88. The molecule has 0 saturated carbocycles. The van der Waals surface area contributed by atoms with Crippen LogP contribution in [0.25, 0.3) is 0 Å². The van der Waals surface area contributed by atoms with E-state index in [1.54, 1.807) is 35.9 Å². The molecule has 0 atom stereocenters. The van der Waals surface area contributed by atoms with Gasteiger partial charge in [0.25, 0.3) is 5.56 Å². The Morgan fingerprint density at radius 1 is 1.11 bits per heavy atom. The van der Waals surface area contributed by atoms with Gasteiger partial charge in [-0.05, 0) is 25.1 Å². The summed E-state index contributed by atoms with van der Waals surface area (Å²) in [5.41, 5.74) is 1.26. The molecule has 0 bridgehead atoms. The van der Waals surface area contributed by atoms with Crippen LogP contribution in [0.15, 0.2) is 35.3 Å². The highest BCUT2D eigenvalue weighted by molar-refractivity contribution is 6.44. The summed E-state index contributed by atoms with van der Waals surface area (Å²) in [5.74, 6) is 0. The number of nitrogens with zero attached hydrogens (tertiary/aromatic N) is 1. The molecule has 5 heteroatoms. The summed E-state index contributed by atoms with van der Waals surface area (Å²) in [5, 5.41) is 1.31. The summed E-state index contributed by atoms with van der Waals surface area (Å²) < 4.78 is 1.55. The number of aryl methyl sites for hydroxylation is 1. The van der Waals surface area contributed by atoms with Gasteiger partial charge in [0.1, 0.15) is 0 Å². The maximum atomic E-state index is 11.9. The Morgan fingerprint density at radius 2 is 1.78 bits per heavy atom. The third kappa shape index (κ3) is 2.56. The zero-order valence-corrected chi connectivity index (χ0v) is 11.9. The molecule has 94 valence electrons. The number of hydrogen-bond acceptors (Lipinski definition) is 1. The summed E-state index contributed by atoms with van der Waals surface area (Å²) in [7, 11) is 0. The predicted molar refractivity (Wildman–Crippen MR) is 76.0 cm³/mol. The van der Waals surface area contributed by atoms with Crippen LogP contribution in [0.3, 0.4) is 0 Å². The first kappa shape index (κ1) is 13.5. The number of rotatable bonds is 2. The molecular weight excluding hydrogens is 293 g/mol. The molecule has 2 nitrogen and oxygen atoms in total. The van der Waals surface area contributed by atoms with E-state index >= 15 is 0 Å². The summed E-state index contributed by atoms with van der Waals surface area (Å²) in [4.78, 5) is 11.9. The van der Waals surface area contributed by atoms with Gasteiger partial charge in [-0.15, -0.1) is 0 Å². The monoisotopic (exact) mass is 301 g/mol. The second kappa shape index (κ2) is 5.35. The van der Waals surface area contributed by atoms with Gasteiger partial charge < -0.3 is 4.57 Å². The van der Waals surface area contributed by atoms with E-state index in [1.807, 2.05) is 6.07 Å². The van der Waals surface area contributed by atoms with Crippen LogP contribution in [0.5, 0.6) is 0 Å². The van der Waals surface area contributed by atoms with E-state index in [0.29, 0.717) is 32.7 Å². The van der Waals surface area contributed by atoms with Crippen LogP contribution in [0, 0.1) is 6.92 Å². The van der Waals surface area contributed by atoms with Crippen molar-refractivity contribution in [3.05, 3.63) is 67.0 Å². The number of halogens is 3. The van der Waals surface area contributed by atoms with Gasteiger partial charge in [-0.3, -0.25) is 4.79 Å². The summed E-state index contributed by atoms with van der Waals surface area (Å²) in [6.07, 6.45) is 1.70. The minimum atomic E-state index is -0.0652. The van der Waals surface area contributed by atoms with Crippen LogP contribution in [0.1, 0.15) is 11.1 Å². The normalized spacial score (nSPS) is 10.7. The SMILES string of the molecule is Cc1cccn(Cc2c(Cl)ccc(Cl)c2Cl)c1=O. The standard InChI is InChI=1S/C13H10Cl3NO/c1-8-3-2-6-17(13(8)18)7-9-10(14)4-5-11(15)12(9)16/h2-6H,7H2,1H3. The zero-order valence-electron chi connectivity index (χ0n) is 9.58. The van der Waals surface area contributed by atoms with Crippen LogP contribution in [-0.4, -0.2) is 4.57 Å². The maximum absolute atomic E-state index is 11.9. The lowest BCUT2D eigenvalue weighted by atomic mass is 10.2. The lowest BCUT2D eigenvalue weighted by molar-refractivity contribution is 0.753. The zero-order chi connectivity index (χ0) is 13.3. The summed E-state index contributed by atoms with van der Waals surface area (Å²) >= 11 is 18.1. The first-order chi connectivity index (χ1) is 8.50.